The molecule has 0 bridgehead atoms. The molecule has 162 valence electrons. The quantitative estimate of drug-likeness (QED) is 0.385. The number of carbonyl (C=O) groups is 1. The summed E-state index contributed by atoms with van der Waals surface area (Å²) in [5, 5.41) is 24.2. The van der Waals surface area contributed by atoms with E-state index in [2.05, 4.69) is 35.8 Å². The first-order valence-electron chi connectivity index (χ1n) is 9.97. The molecule has 3 aromatic heterocycles. The number of aliphatic hydroxyl groups is 1. The molecule has 0 spiro atoms. The van der Waals surface area contributed by atoms with E-state index in [1.807, 2.05) is 23.7 Å². The maximum atomic E-state index is 12.7. The Labute approximate surface area is 184 Å². The van der Waals surface area contributed by atoms with Crippen LogP contribution >= 0.6 is 0 Å². The lowest BCUT2D eigenvalue weighted by Gasteiger charge is -2.16. The molecule has 0 saturated heterocycles. The zero-order valence-electron chi connectivity index (χ0n) is 17.4. The fourth-order valence-electron chi connectivity index (χ4n) is 3.15. The number of benzene rings is 1. The molecule has 0 aliphatic carbocycles. The second-order valence-electron chi connectivity index (χ2n) is 6.99. The Morgan fingerprint density at radius 2 is 2.00 bits per heavy atom. The molecule has 0 fully saturated rings. The molecule has 1 amide bonds. The number of nitrogens with one attached hydrogen (secondary N) is 2. The number of amides is 1. The Bertz CT molecular complexity index is 1180. The van der Waals surface area contributed by atoms with Gasteiger partial charge >= 0.3 is 0 Å². The van der Waals surface area contributed by atoms with Crippen molar-refractivity contribution in [1.29, 1.82) is 0 Å². The first kappa shape index (κ1) is 21.1. The van der Waals surface area contributed by atoms with E-state index in [4.69, 9.17) is 0 Å². The third-order valence-electron chi connectivity index (χ3n) is 4.88. The predicted octanol–water partition coefficient (Wildman–Crippen LogP) is 1.74. The molecule has 0 radical (unpaired) electrons. The van der Waals surface area contributed by atoms with Gasteiger partial charge in [0.25, 0.3) is 5.91 Å². The van der Waals surface area contributed by atoms with Gasteiger partial charge in [0, 0.05) is 30.7 Å². The maximum Gasteiger partial charge on any atom is 0.251 e. The van der Waals surface area contributed by atoms with E-state index in [-0.39, 0.29) is 12.5 Å². The Kier molecular flexibility index (Phi) is 6.42. The summed E-state index contributed by atoms with van der Waals surface area (Å²) in [6.45, 7) is 0.161. The van der Waals surface area contributed by atoms with Crippen LogP contribution in [0.3, 0.4) is 0 Å². The minimum Gasteiger partial charge on any atom is -0.394 e. The van der Waals surface area contributed by atoms with Crippen LogP contribution in [0.2, 0.25) is 0 Å². The van der Waals surface area contributed by atoms with Crippen LogP contribution in [0.1, 0.15) is 27.9 Å². The fourth-order valence-corrected chi connectivity index (χ4v) is 3.15. The van der Waals surface area contributed by atoms with Gasteiger partial charge in [0.15, 0.2) is 11.6 Å². The van der Waals surface area contributed by atoms with E-state index in [1.54, 1.807) is 48.8 Å². The molecule has 10 heteroatoms. The lowest BCUT2D eigenvalue weighted by Crippen LogP contribution is -2.31. The number of hydrogen-bond acceptors (Lipinski definition) is 8. The second kappa shape index (κ2) is 9.75. The van der Waals surface area contributed by atoms with Gasteiger partial charge < -0.3 is 20.3 Å². The summed E-state index contributed by atoms with van der Waals surface area (Å²) in [6, 6.07) is 13.6. The lowest BCUT2D eigenvalue weighted by molar-refractivity contribution is 0.0914. The normalized spacial score (nSPS) is 11.7. The summed E-state index contributed by atoms with van der Waals surface area (Å²) in [5.41, 5.74) is 2.50. The highest BCUT2D eigenvalue weighted by Crippen LogP contribution is 2.16. The number of anilines is 1. The van der Waals surface area contributed by atoms with E-state index in [0.717, 1.165) is 5.69 Å². The monoisotopic (exact) mass is 430 g/mol. The standard InChI is InChI=1S/C22H22N8O2/c1-30-20(28-29-21(30)18-8-10-23-14-26-18)12-25-16-6-4-5-15(11-16)22(32)27-19(13-31)17-7-2-3-9-24-17/h2-11,14,19,25,31H,12-13H2,1H3,(H,27,32). The minimum absolute atomic E-state index is 0.248. The fraction of sp³-hybridized carbons (Fsp3) is 0.182. The molecule has 0 saturated carbocycles. The molecule has 1 unspecified atom stereocenters. The molecule has 0 aliphatic rings. The molecule has 4 rings (SSSR count). The van der Waals surface area contributed by atoms with Gasteiger partial charge in [0.2, 0.25) is 0 Å². The van der Waals surface area contributed by atoms with Gasteiger partial charge in [-0.2, -0.15) is 0 Å². The average Bonchev–Trinajstić information content (AvgIpc) is 3.22. The number of pyridine rings is 1. The van der Waals surface area contributed by atoms with Gasteiger partial charge in [-0.3, -0.25) is 9.78 Å². The molecular weight excluding hydrogens is 408 g/mol. The van der Waals surface area contributed by atoms with Crippen molar-refractivity contribution < 1.29 is 9.90 Å². The van der Waals surface area contributed by atoms with Gasteiger partial charge in [0.1, 0.15) is 12.0 Å². The van der Waals surface area contributed by atoms with Crippen molar-refractivity contribution in [2.75, 3.05) is 11.9 Å². The Balaban J connectivity index is 1.42. The molecule has 10 nitrogen and oxygen atoms in total. The van der Waals surface area contributed by atoms with Crippen LogP contribution in [-0.2, 0) is 13.6 Å². The van der Waals surface area contributed by atoms with E-state index in [0.29, 0.717) is 35.1 Å². The van der Waals surface area contributed by atoms with Crippen molar-refractivity contribution in [2.24, 2.45) is 7.05 Å². The van der Waals surface area contributed by atoms with Crippen molar-refractivity contribution in [3.8, 4) is 11.5 Å². The molecule has 32 heavy (non-hydrogen) atoms. The van der Waals surface area contributed by atoms with E-state index in [9.17, 15) is 9.90 Å². The summed E-state index contributed by atoms with van der Waals surface area (Å²) >= 11 is 0. The molecule has 1 aromatic carbocycles. The largest absolute Gasteiger partial charge is 0.394 e. The van der Waals surface area contributed by atoms with Crippen LogP contribution in [0.5, 0.6) is 0 Å². The Hall–Kier alpha value is -4.18. The number of hydrogen-bond donors (Lipinski definition) is 3. The van der Waals surface area contributed by atoms with Crippen molar-refractivity contribution in [3.63, 3.8) is 0 Å². The highest BCUT2D eigenvalue weighted by Gasteiger charge is 2.16. The van der Waals surface area contributed by atoms with E-state index >= 15 is 0 Å². The number of rotatable bonds is 8. The van der Waals surface area contributed by atoms with Crippen molar-refractivity contribution in [2.45, 2.75) is 12.6 Å². The van der Waals surface area contributed by atoms with Gasteiger partial charge in [-0.15, -0.1) is 10.2 Å². The van der Waals surface area contributed by atoms with Gasteiger partial charge in [0.05, 0.1) is 24.9 Å². The smallest absolute Gasteiger partial charge is 0.251 e. The molecule has 0 aliphatic heterocycles. The molecule has 3 heterocycles. The Morgan fingerprint density at radius 1 is 1.09 bits per heavy atom. The molecule has 3 N–H and O–H groups in total. The average molecular weight is 430 g/mol. The molecule has 1 atom stereocenters. The van der Waals surface area contributed by atoms with E-state index < -0.39 is 6.04 Å². The molecular formula is C22H22N8O2. The summed E-state index contributed by atoms with van der Waals surface area (Å²) in [5.74, 6) is 1.05. The minimum atomic E-state index is -0.584. The van der Waals surface area contributed by atoms with Crippen molar-refractivity contribution in [1.82, 2.24) is 35.0 Å². The number of carbonyl (C=O) groups excluding carboxylic acids is 1. The highest BCUT2D eigenvalue weighted by molar-refractivity contribution is 5.95. The van der Waals surface area contributed by atoms with Crippen molar-refractivity contribution in [3.05, 3.63) is 84.3 Å². The van der Waals surface area contributed by atoms with Crippen LogP contribution in [0.15, 0.2) is 67.3 Å². The van der Waals surface area contributed by atoms with Gasteiger partial charge in [-0.05, 0) is 36.4 Å². The van der Waals surface area contributed by atoms with Crippen LogP contribution in [0.4, 0.5) is 5.69 Å². The highest BCUT2D eigenvalue weighted by atomic mass is 16.3. The van der Waals surface area contributed by atoms with Crippen LogP contribution in [0.25, 0.3) is 11.5 Å². The van der Waals surface area contributed by atoms with Crippen LogP contribution in [0, 0.1) is 0 Å². The van der Waals surface area contributed by atoms with Gasteiger partial charge in [-0.1, -0.05) is 12.1 Å². The summed E-state index contributed by atoms with van der Waals surface area (Å²) in [6.07, 6.45) is 4.74. The SMILES string of the molecule is Cn1c(CNc2cccc(C(=O)NC(CO)c3ccccn3)c2)nnc1-c1ccncn1. The van der Waals surface area contributed by atoms with E-state index in [1.165, 1.54) is 6.33 Å². The Morgan fingerprint density at radius 3 is 2.75 bits per heavy atom. The van der Waals surface area contributed by atoms with Crippen LogP contribution < -0.4 is 10.6 Å². The number of aliphatic hydroxyl groups excluding tert-OH is 1. The zero-order chi connectivity index (χ0) is 22.3. The van der Waals surface area contributed by atoms with Gasteiger partial charge in [-0.25, -0.2) is 9.97 Å². The molecule has 4 aromatic rings. The first-order valence-corrected chi connectivity index (χ1v) is 9.97. The van der Waals surface area contributed by atoms with Crippen LogP contribution in [-0.4, -0.2) is 47.3 Å². The number of nitrogens with zero attached hydrogens (tertiary/aromatic N) is 6. The summed E-state index contributed by atoms with van der Waals surface area (Å²) in [4.78, 5) is 25.0. The third kappa shape index (κ3) is 4.76. The first-order chi connectivity index (χ1) is 15.7. The maximum absolute atomic E-state index is 12.7. The lowest BCUT2D eigenvalue weighted by atomic mass is 10.1. The summed E-state index contributed by atoms with van der Waals surface area (Å²) in [7, 11) is 1.87. The third-order valence-corrected chi connectivity index (χ3v) is 4.88. The zero-order valence-corrected chi connectivity index (χ0v) is 17.4. The topological polar surface area (TPSA) is 131 Å². The summed E-state index contributed by atoms with van der Waals surface area (Å²) < 4.78 is 1.85. The number of aromatic nitrogens is 6. The predicted molar refractivity (Wildman–Crippen MR) is 117 cm³/mol. The second-order valence-corrected chi connectivity index (χ2v) is 6.99. The van der Waals surface area contributed by atoms with Crippen molar-refractivity contribution >= 4 is 11.6 Å².